The monoisotopic (exact) mass is 384 g/mol. The molecule has 0 spiro atoms. The topological polar surface area (TPSA) is 97.2 Å². The number of amides is 1. The molecule has 2 aromatic rings. The van der Waals surface area contributed by atoms with Crippen molar-refractivity contribution in [2.45, 2.75) is 0 Å². The van der Waals surface area contributed by atoms with Gasteiger partial charge in [-0.3, -0.25) is 4.79 Å². The molecule has 1 fully saturated rings. The molecule has 2 aromatic carbocycles. The predicted octanol–water partition coefficient (Wildman–Crippen LogP) is 3.29. The van der Waals surface area contributed by atoms with Crippen molar-refractivity contribution in [2.75, 3.05) is 14.2 Å². The molecule has 0 saturated carbocycles. The molecule has 1 aliphatic rings. The number of hydrogen-bond donors (Lipinski definition) is 2. The molecule has 27 heavy (non-hydrogen) atoms. The molecule has 1 saturated heterocycles. The molecule has 0 bridgehead atoms. The summed E-state index contributed by atoms with van der Waals surface area (Å²) in [6.07, 6.45) is 1.72. The van der Waals surface area contributed by atoms with E-state index in [2.05, 4.69) is 10.3 Å². The second kappa shape index (κ2) is 7.96. The Hall–Kier alpha value is -3.26. The van der Waals surface area contributed by atoms with Crippen LogP contribution in [0, 0.1) is 0 Å². The largest absolute Gasteiger partial charge is 0.493 e. The van der Waals surface area contributed by atoms with Gasteiger partial charge >= 0.3 is 5.97 Å². The van der Waals surface area contributed by atoms with Gasteiger partial charge in [-0.1, -0.05) is 12.1 Å². The van der Waals surface area contributed by atoms with Crippen LogP contribution in [0.25, 0.3) is 6.08 Å². The summed E-state index contributed by atoms with van der Waals surface area (Å²) in [4.78, 5) is 28.0. The van der Waals surface area contributed by atoms with Gasteiger partial charge in [-0.05, 0) is 53.7 Å². The molecule has 2 N–H and O–H groups in total. The number of nitrogens with zero attached hydrogens (tertiary/aromatic N) is 1. The lowest BCUT2D eigenvalue weighted by Crippen LogP contribution is -2.19. The van der Waals surface area contributed by atoms with E-state index in [9.17, 15) is 9.59 Å². The number of carbonyl (C=O) groups is 2. The summed E-state index contributed by atoms with van der Waals surface area (Å²) in [6, 6.07) is 11.5. The van der Waals surface area contributed by atoms with Crippen LogP contribution >= 0.6 is 11.8 Å². The first-order valence-corrected chi connectivity index (χ1v) is 8.67. The Bertz CT molecular complexity index is 968. The van der Waals surface area contributed by atoms with Crippen LogP contribution in [-0.4, -0.2) is 36.4 Å². The number of rotatable bonds is 5. The fraction of sp³-hybridized carbons (Fsp3) is 0.105. The summed E-state index contributed by atoms with van der Waals surface area (Å²) in [5.41, 5.74) is 1.36. The number of aliphatic imine (C=N–C) groups is 1. The highest BCUT2D eigenvalue weighted by Gasteiger charge is 2.24. The van der Waals surface area contributed by atoms with Crippen LogP contribution < -0.4 is 14.8 Å². The lowest BCUT2D eigenvalue weighted by Gasteiger charge is -2.07. The van der Waals surface area contributed by atoms with Crippen molar-refractivity contribution in [3.8, 4) is 11.5 Å². The number of thioether (sulfide) groups is 1. The molecule has 1 heterocycles. The van der Waals surface area contributed by atoms with Gasteiger partial charge in [0.25, 0.3) is 5.91 Å². The third kappa shape index (κ3) is 4.29. The summed E-state index contributed by atoms with van der Waals surface area (Å²) >= 11 is 1.18. The second-order valence-corrected chi connectivity index (χ2v) is 6.48. The molecule has 0 aromatic heterocycles. The number of methoxy groups -OCH3 is 2. The van der Waals surface area contributed by atoms with Crippen molar-refractivity contribution in [3.63, 3.8) is 0 Å². The van der Waals surface area contributed by atoms with Crippen molar-refractivity contribution in [1.82, 2.24) is 5.32 Å². The van der Waals surface area contributed by atoms with Gasteiger partial charge in [-0.2, -0.15) is 0 Å². The van der Waals surface area contributed by atoms with E-state index in [0.717, 1.165) is 5.56 Å². The van der Waals surface area contributed by atoms with E-state index in [-0.39, 0.29) is 11.5 Å². The van der Waals surface area contributed by atoms with Crippen LogP contribution in [0.3, 0.4) is 0 Å². The average Bonchev–Trinajstić information content (AvgIpc) is 3.00. The summed E-state index contributed by atoms with van der Waals surface area (Å²) in [7, 11) is 3.10. The van der Waals surface area contributed by atoms with Crippen LogP contribution in [0.5, 0.6) is 11.5 Å². The number of amidine groups is 1. The normalized spacial score (nSPS) is 16.4. The molecule has 0 aliphatic carbocycles. The summed E-state index contributed by atoms with van der Waals surface area (Å²) in [6.45, 7) is 0. The minimum atomic E-state index is -1.03. The van der Waals surface area contributed by atoms with Gasteiger partial charge < -0.3 is 19.9 Å². The van der Waals surface area contributed by atoms with Gasteiger partial charge in [-0.25, -0.2) is 9.79 Å². The zero-order valence-corrected chi connectivity index (χ0v) is 15.4. The van der Waals surface area contributed by atoms with Gasteiger partial charge in [0.1, 0.15) is 0 Å². The summed E-state index contributed by atoms with van der Waals surface area (Å²) in [5.74, 6) is -0.143. The minimum absolute atomic E-state index is 0.132. The van der Waals surface area contributed by atoms with Crippen LogP contribution in [0.15, 0.2) is 52.4 Å². The van der Waals surface area contributed by atoms with E-state index in [4.69, 9.17) is 14.6 Å². The molecule has 3 rings (SSSR count). The number of aromatic carboxylic acids is 1. The highest BCUT2D eigenvalue weighted by molar-refractivity contribution is 8.18. The predicted molar refractivity (Wildman–Crippen MR) is 104 cm³/mol. The third-order valence-electron chi connectivity index (χ3n) is 3.68. The van der Waals surface area contributed by atoms with Crippen molar-refractivity contribution in [3.05, 3.63) is 58.5 Å². The van der Waals surface area contributed by atoms with Gasteiger partial charge in [-0.15, -0.1) is 0 Å². The van der Waals surface area contributed by atoms with Crippen LogP contribution in [0.2, 0.25) is 0 Å². The second-order valence-electron chi connectivity index (χ2n) is 5.45. The van der Waals surface area contributed by atoms with Gasteiger partial charge in [0.2, 0.25) is 0 Å². The zero-order valence-electron chi connectivity index (χ0n) is 14.6. The Kier molecular flexibility index (Phi) is 5.46. The number of carboxylic acid groups (broad SMARTS) is 1. The van der Waals surface area contributed by atoms with Crippen LogP contribution in [-0.2, 0) is 4.79 Å². The molecular formula is C19H16N2O5S. The highest BCUT2D eigenvalue weighted by atomic mass is 32.2. The first kappa shape index (κ1) is 18.5. The standard InChI is InChI=1S/C19H16N2O5S/c1-25-14-7-6-11(8-15(14)26-2)9-16-17(22)21-19(27-16)20-13-5-3-4-12(10-13)18(23)24/h3-10H,1-2H3,(H,23,24)(H,20,21,22)/b16-9-. The SMILES string of the molecule is COc1ccc(/C=C2\SC(=Nc3cccc(C(=O)O)c3)NC2=O)cc1OC. The van der Waals surface area contributed by atoms with Gasteiger partial charge in [0.15, 0.2) is 16.7 Å². The summed E-state index contributed by atoms with van der Waals surface area (Å²) < 4.78 is 10.5. The maximum absolute atomic E-state index is 12.2. The van der Waals surface area contributed by atoms with E-state index in [1.807, 2.05) is 6.07 Å². The Labute approximate surface area is 159 Å². The highest BCUT2D eigenvalue weighted by Crippen LogP contribution is 2.32. The van der Waals surface area contributed by atoms with Crippen molar-refractivity contribution < 1.29 is 24.2 Å². The number of carboxylic acids is 1. The smallest absolute Gasteiger partial charge is 0.335 e. The molecule has 1 aliphatic heterocycles. The van der Waals surface area contributed by atoms with Crippen LogP contribution in [0.4, 0.5) is 5.69 Å². The Morgan fingerprint density at radius 3 is 2.63 bits per heavy atom. The first-order valence-electron chi connectivity index (χ1n) is 7.85. The van der Waals surface area contributed by atoms with Crippen molar-refractivity contribution >= 4 is 40.6 Å². The molecule has 8 heteroatoms. The van der Waals surface area contributed by atoms with E-state index in [1.54, 1.807) is 44.6 Å². The quantitative estimate of drug-likeness (QED) is 0.768. The Balaban J connectivity index is 1.84. The molecule has 0 unspecified atom stereocenters. The molecule has 1 amide bonds. The lowest BCUT2D eigenvalue weighted by molar-refractivity contribution is -0.115. The fourth-order valence-corrected chi connectivity index (χ4v) is 3.24. The van der Waals surface area contributed by atoms with Crippen molar-refractivity contribution in [1.29, 1.82) is 0 Å². The Morgan fingerprint density at radius 2 is 1.93 bits per heavy atom. The molecule has 0 atom stereocenters. The Morgan fingerprint density at radius 1 is 1.15 bits per heavy atom. The number of nitrogens with one attached hydrogen (secondary N) is 1. The number of ether oxygens (including phenoxy) is 2. The summed E-state index contributed by atoms with van der Waals surface area (Å²) in [5, 5.41) is 12.1. The maximum Gasteiger partial charge on any atom is 0.335 e. The van der Waals surface area contributed by atoms with Crippen molar-refractivity contribution in [2.24, 2.45) is 4.99 Å². The molecular weight excluding hydrogens is 368 g/mol. The molecule has 138 valence electrons. The first-order chi connectivity index (χ1) is 13.0. The fourth-order valence-electron chi connectivity index (χ4n) is 2.40. The molecule has 0 radical (unpaired) electrons. The van der Waals surface area contributed by atoms with E-state index in [0.29, 0.717) is 27.3 Å². The van der Waals surface area contributed by atoms with E-state index in [1.165, 1.54) is 23.9 Å². The van der Waals surface area contributed by atoms with E-state index >= 15 is 0 Å². The third-order valence-corrected chi connectivity index (χ3v) is 4.59. The molecule has 7 nitrogen and oxygen atoms in total. The van der Waals surface area contributed by atoms with E-state index < -0.39 is 5.97 Å². The lowest BCUT2D eigenvalue weighted by atomic mass is 10.2. The zero-order chi connectivity index (χ0) is 19.4. The minimum Gasteiger partial charge on any atom is -0.493 e. The number of hydrogen-bond acceptors (Lipinski definition) is 6. The van der Waals surface area contributed by atoms with Crippen LogP contribution in [0.1, 0.15) is 15.9 Å². The maximum atomic E-state index is 12.2. The van der Waals surface area contributed by atoms with Gasteiger partial charge in [0.05, 0.1) is 30.4 Å². The number of carbonyl (C=O) groups excluding carboxylic acids is 1. The van der Waals surface area contributed by atoms with Gasteiger partial charge in [0, 0.05) is 0 Å². The number of benzene rings is 2. The average molecular weight is 384 g/mol.